The molecule has 0 amide bonds. The third-order valence-electron chi connectivity index (χ3n) is 2.76. The fourth-order valence-corrected chi connectivity index (χ4v) is 3.87. The lowest BCUT2D eigenvalue weighted by molar-refractivity contribution is -0.142. The highest BCUT2D eigenvalue weighted by Crippen LogP contribution is 2.26. The van der Waals surface area contributed by atoms with Crippen molar-refractivity contribution in [3.63, 3.8) is 0 Å². The molecule has 0 aromatic heterocycles. The van der Waals surface area contributed by atoms with Gasteiger partial charge in [0.25, 0.3) is 0 Å². The first-order valence-corrected chi connectivity index (χ1v) is 8.65. The summed E-state index contributed by atoms with van der Waals surface area (Å²) in [5.41, 5.74) is 0.682. The quantitative estimate of drug-likeness (QED) is 0.514. The van der Waals surface area contributed by atoms with Crippen LogP contribution in [0.2, 0.25) is 0 Å². The van der Waals surface area contributed by atoms with Crippen LogP contribution in [0, 0.1) is 22.7 Å². The Morgan fingerprint density at radius 1 is 1.17 bits per heavy atom. The highest BCUT2D eigenvalue weighted by atomic mass is 32.2. The molecular formula is C15H14N2O4S2. The summed E-state index contributed by atoms with van der Waals surface area (Å²) in [6.45, 7) is 0. The maximum Gasteiger partial charge on any atom is 0.317 e. The summed E-state index contributed by atoms with van der Waals surface area (Å²) in [6.07, 6.45) is 0.260. The Bertz CT molecular complexity index is 664. The van der Waals surface area contributed by atoms with E-state index >= 15 is 0 Å². The highest BCUT2D eigenvalue weighted by Gasteiger charge is 2.21. The van der Waals surface area contributed by atoms with Crippen molar-refractivity contribution in [1.82, 2.24) is 0 Å². The van der Waals surface area contributed by atoms with E-state index in [1.54, 1.807) is 18.2 Å². The molecule has 0 radical (unpaired) electrons. The van der Waals surface area contributed by atoms with Crippen molar-refractivity contribution < 1.29 is 19.8 Å². The van der Waals surface area contributed by atoms with Gasteiger partial charge in [-0.2, -0.15) is 10.5 Å². The maximum atomic E-state index is 10.9. The Kier molecular flexibility index (Phi) is 8.03. The molecule has 1 rings (SSSR count). The summed E-state index contributed by atoms with van der Waals surface area (Å²) in [4.78, 5) is 22.2. The lowest BCUT2D eigenvalue weighted by Gasteiger charge is -2.09. The number of hydrogen-bond acceptors (Lipinski definition) is 6. The van der Waals surface area contributed by atoms with Gasteiger partial charge in [-0.1, -0.05) is 6.07 Å². The largest absolute Gasteiger partial charge is 0.481 e. The first-order chi connectivity index (χ1) is 11.0. The summed E-state index contributed by atoms with van der Waals surface area (Å²) < 4.78 is 0. The highest BCUT2D eigenvalue weighted by molar-refractivity contribution is 8.01. The van der Waals surface area contributed by atoms with Gasteiger partial charge in [0.05, 0.1) is 17.5 Å². The number of carboxylic acids is 2. The van der Waals surface area contributed by atoms with Crippen LogP contribution in [0.4, 0.5) is 0 Å². The van der Waals surface area contributed by atoms with Gasteiger partial charge in [0, 0.05) is 4.90 Å². The molecule has 0 aliphatic rings. The van der Waals surface area contributed by atoms with Crippen molar-refractivity contribution in [2.75, 3.05) is 11.5 Å². The van der Waals surface area contributed by atoms with Crippen molar-refractivity contribution >= 4 is 35.5 Å². The van der Waals surface area contributed by atoms with Gasteiger partial charge in [0.1, 0.15) is 17.4 Å². The Labute approximate surface area is 142 Å². The summed E-state index contributed by atoms with van der Waals surface area (Å²) in [5.74, 6) is -1.10. The first-order valence-electron chi connectivity index (χ1n) is 6.61. The monoisotopic (exact) mass is 350 g/mol. The summed E-state index contributed by atoms with van der Waals surface area (Å²) in [6, 6.07) is 9.06. The van der Waals surface area contributed by atoms with Crippen LogP contribution < -0.4 is 0 Å². The molecule has 1 aromatic carbocycles. The number of nitriles is 2. The normalized spacial score (nSPS) is 11.2. The van der Waals surface area contributed by atoms with Gasteiger partial charge in [0.2, 0.25) is 0 Å². The van der Waals surface area contributed by atoms with Crippen LogP contribution in [0.15, 0.2) is 23.1 Å². The van der Waals surface area contributed by atoms with Gasteiger partial charge >= 0.3 is 11.9 Å². The summed E-state index contributed by atoms with van der Waals surface area (Å²) in [5, 5.41) is 34.7. The maximum absolute atomic E-state index is 10.9. The molecule has 6 nitrogen and oxygen atoms in total. The number of aliphatic carboxylic acids is 2. The number of rotatable bonds is 9. The SMILES string of the molecule is N#Cc1cccc(SCCCSC(CC(=O)O)C(=O)O)c1C#N. The van der Waals surface area contributed by atoms with Crippen molar-refractivity contribution in [3.8, 4) is 12.1 Å². The molecule has 8 heteroatoms. The van der Waals surface area contributed by atoms with Crippen molar-refractivity contribution in [2.24, 2.45) is 0 Å². The molecular weight excluding hydrogens is 336 g/mol. The number of hydrogen-bond donors (Lipinski definition) is 2. The van der Waals surface area contributed by atoms with Crippen molar-refractivity contribution in [1.29, 1.82) is 10.5 Å². The zero-order valence-electron chi connectivity index (χ0n) is 12.1. The molecule has 1 aromatic rings. The molecule has 2 N–H and O–H groups in total. The number of thioether (sulfide) groups is 2. The molecule has 0 spiro atoms. The zero-order chi connectivity index (χ0) is 17.2. The van der Waals surface area contributed by atoms with E-state index in [0.717, 1.165) is 16.7 Å². The Morgan fingerprint density at radius 2 is 1.91 bits per heavy atom. The number of nitrogens with zero attached hydrogens (tertiary/aromatic N) is 2. The summed E-state index contributed by atoms with van der Waals surface area (Å²) in [7, 11) is 0. The van der Waals surface area contributed by atoms with E-state index in [4.69, 9.17) is 20.7 Å². The van der Waals surface area contributed by atoms with E-state index in [1.807, 2.05) is 12.1 Å². The Balaban J connectivity index is 2.47. The van der Waals surface area contributed by atoms with E-state index in [-0.39, 0.29) is 0 Å². The predicted molar refractivity (Wildman–Crippen MR) is 87.3 cm³/mol. The molecule has 0 aliphatic carbocycles. The lowest BCUT2D eigenvalue weighted by Crippen LogP contribution is -2.20. The molecule has 1 unspecified atom stereocenters. The third kappa shape index (κ3) is 6.23. The van der Waals surface area contributed by atoms with Crippen molar-refractivity contribution in [3.05, 3.63) is 29.3 Å². The second-order valence-corrected chi connectivity index (χ2v) is 6.85. The third-order valence-corrected chi connectivity index (χ3v) is 5.20. The second kappa shape index (κ2) is 9.78. The summed E-state index contributed by atoms with van der Waals surface area (Å²) >= 11 is 2.52. The van der Waals surface area contributed by atoms with Gasteiger partial charge in [-0.3, -0.25) is 9.59 Å². The van der Waals surface area contributed by atoms with E-state index in [1.165, 1.54) is 11.8 Å². The van der Waals surface area contributed by atoms with Crippen molar-refractivity contribution in [2.45, 2.75) is 23.0 Å². The van der Waals surface area contributed by atoms with Gasteiger partial charge in [-0.15, -0.1) is 23.5 Å². The van der Waals surface area contributed by atoms with E-state index in [9.17, 15) is 9.59 Å². The number of carbonyl (C=O) groups is 2. The van der Waals surface area contributed by atoms with Gasteiger partial charge < -0.3 is 10.2 Å². The molecule has 0 heterocycles. The standard InChI is InChI=1S/C15H14N2O4S2/c16-8-10-3-1-4-12(11(10)9-17)22-5-2-6-23-13(15(20)21)7-14(18)19/h1,3-4,13H,2,5-7H2,(H,18,19)(H,20,21). The first kappa shape index (κ1) is 18.9. The molecule has 0 saturated heterocycles. The Morgan fingerprint density at radius 3 is 2.48 bits per heavy atom. The average Bonchev–Trinajstić information content (AvgIpc) is 2.52. The minimum atomic E-state index is -1.13. The number of carboxylic acid groups (broad SMARTS) is 2. The lowest BCUT2D eigenvalue weighted by atomic mass is 10.1. The zero-order valence-corrected chi connectivity index (χ0v) is 13.7. The predicted octanol–water partition coefficient (Wildman–Crippen LogP) is 2.57. The van der Waals surface area contributed by atoms with Gasteiger partial charge in [-0.05, 0) is 30.1 Å². The average molecular weight is 350 g/mol. The molecule has 23 heavy (non-hydrogen) atoms. The second-order valence-electron chi connectivity index (χ2n) is 4.40. The van der Waals surface area contributed by atoms with E-state index in [2.05, 4.69) is 0 Å². The minimum Gasteiger partial charge on any atom is -0.481 e. The van der Waals surface area contributed by atoms with Crippen LogP contribution >= 0.6 is 23.5 Å². The van der Waals surface area contributed by atoms with Crippen LogP contribution in [0.25, 0.3) is 0 Å². The molecule has 0 bridgehead atoms. The Hall–Kier alpha value is -2.16. The fourth-order valence-electron chi connectivity index (χ4n) is 1.70. The van der Waals surface area contributed by atoms with Crippen LogP contribution in [0.1, 0.15) is 24.0 Å². The minimum absolute atomic E-state index is 0.333. The molecule has 0 aliphatic heterocycles. The molecule has 120 valence electrons. The van der Waals surface area contributed by atoms with Crippen LogP contribution in [0.3, 0.4) is 0 Å². The number of benzene rings is 1. The topological polar surface area (TPSA) is 122 Å². The van der Waals surface area contributed by atoms with Gasteiger partial charge in [-0.25, -0.2) is 0 Å². The smallest absolute Gasteiger partial charge is 0.317 e. The van der Waals surface area contributed by atoms with Crippen LogP contribution in [0.5, 0.6) is 0 Å². The van der Waals surface area contributed by atoms with Crippen LogP contribution in [-0.4, -0.2) is 38.9 Å². The molecule has 0 saturated carbocycles. The molecule has 1 atom stereocenters. The van der Waals surface area contributed by atoms with Gasteiger partial charge in [0.15, 0.2) is 0 Å². The van der Waals surface area contributed by atoms with E-state index < -0.39 is 23.6 Å². The van der Waals surface area contributed by atoms with Crippen LogP contribution in [-0.2, 0) is 9.59 Å². The fraction of sp³-hybridized carbons (Fsp3) is 0.333. The molecule has 0 fully saturated rings. The van der Waals surface area contributed by atoms with E-state index in [0.29, 0.717) is 29.1 Å².